The van der Waals surface area contributed by atoms with Gasteiger partial charge in [-0.1, -0.05) is 197 Å². The number of carbonyl (C=O) groups is 2. The Morgan fingerprint density at radius 1 is 0.470 bits per heavy atom. The molecule has 0 radical (unpaired) electrons. The first-order valence-corrected chi connectivity index (χ1v) is 28.5. The third-order valence-corrected chi connectivity index (χ3v) is 12.5. The molecule has 0 aromatic carbocycles. The number of unbranched alkanes of at least 4 members (excludes halogenated alkanes) is 25. The lowest BCUT2D eigenvalue weighted by molar-refractivity contribution is -0.870. The third-order valence-electron chi connectivity index (χ3n) is 11.5. The lowest BCUT2D eigenvalue weighted by atomic mass is 10.1. The first-order chi connectivity index (χ1) is 32.0. The molecular weight excluding hydrogens is 846 g/mol. The number of likely N-dealkylation sites (N-methyl/N-ethyl adjacent to an activating group) is 1. The van der Waals surface area contributed by atoms with E-state index in [1.165, 1.54) is 109 Å². The van der Waals surface area contributed by atoms with E-state index in [9.17, 15) is 19.0 Å². The quantitative estimate of drug-likeness (QED) is 0.0195. The zero-order valence-electron chi connectivity index (χ0n) is 43.4. The minimum Gasteiger partial charge on any atom is -0.756 e. The van der Waals surface area contributed by atoms with Gasteiger partial charge in [-0.05, 0) is 83.5 Å². The summed E-state index contributed by atoms with van der Waals surface area (Å²) in [5.74, 6) is -0.851. The molecule has 0 fully saturated rings. The Balaban J connectivity index is 4.27. The Morgan fingerprint density at radius 2 is 0.818 bits per heavy atom. The number of carbonyl (C=O) groups excluding carboxylic acids is 2. The van der Waals surface area contributed by atoms with Gasteiger partial charge >= 0.3 is 11.9 Å². The van der Waals surface area contributed by atoms with Crippen molar-refractivity contribution in [3.8, 4) is 0 Å². The second kappa shape index (κ2) is 47.8. The van der Waals surface area contributed by atoms with Gasteiger partial charge in [-0.15, -0.1) is 0 Å². The van der Waals surface area contributed by atoms with Crippen LogP contribution in [0.15, 0.2) is 60.8 Å². The van der Waals surface area contributed by atoms with Gasteiger partial charge in [-0.2, -0.15) is 0 Å². The smallest absolute Gasteiger partial charge is 0.306 e. The minimum atomic E-state index is -4.64. The van der Waals surface area contributed by atoms with E-state index in [4.69, 9.17) is 18.5 Å². The molecule has 0 heterocycles. The van der Waals surface area contributed by atoms with Crippen molar-refractivity contribution in [2.75, 3.05) is 47.5 Å². The second-order valence-corrected chi connectivity index (χ2v) is 20.6. The maximum absolute atomic E-state index is 12.8. The number of ether oxygens (including phenoxy) is 2. The van der Waals surface area contributed by atoms with Crippen molar-refractivity contribution >= 4 is 19.8 Å². The van der Waals surface area contributed by atoms with Crippen molar-refractivity contribution in [2.45, 2.75) is 238 Å². The van der Waals surface area contributed by atoms with Gasteiger partial charge in [-0.25, -0.2) is 0 Å². The molecule has 0 aliphatic carbocycles. The summed E-state index contributed by atoms with van der Waals surface area (Å²) in [6, 6.07) is 0. The molecule has 384 valence electrons. The van der Waals surface area contributed by atoms with E-state index >= 15 is 0 Å². The zero-order valence-corrected chi connectivity index (χ0v) is 44.3. The molecule has 0 aromatic heterocycles. The summed E-state index contributed by atoms with van der Waals surface area (Å²) in [6.07, 6.45) is 59.6. The first kappa shape index (κ1) is 63.7. The van der Waals surface area contributed by atoms with E-state index in [1.54, 1.807) is 0 Å². The van der Waals surface area contributed by atoms with Gasteiger partial charge in [0.1, 0.15) is 19.8 Å². The van der Waals surface area contributed by atoms with Crippen molar-refractivity contribution in [1.29, 1.82) is 0 Å². The van der Waals surface area contributed by atoms with Gasteiger partial charge in [0.2, 0.25) is 0 Å². The van der Waals surface area contributed by atoms with Crippen LogP contribution in [0.25, 0.3) is 0 Å². The van der Waals surface area contributed by atoms with Crippen molar-refractivity contribution in [2.24, 2.45) is 0 Å². The molecule has 0 amide bonds. The van der Waals surface area contributed by atoms with Crippen LogP contribution in [0.4, 0.5) is 0 Å². The van der Waals surface area contributed by atoms with E-state index in [0.29, 0.717) is 17.4 Å². The molecule has 0 saturated heterocycles. The Bertz CT molecular complexity index is 1300. The van der Waals surface area contributed by atoms with Crippen LogP contribution in [-0.2, 0) is 32.7 Å². The number of hydrogen-bond donors (Lipinski definition) is 0. The van der Waals surface area contributed by atoms with Crippen LogP contribution in [0.2, 0.25) is 0 Å². The maximum atomic E-state index is 12.8. The topological polar surface area (TPSA) is 111 Å². The lowest BCUT2D eigenvalue weighted by Crippen LogP contribution is -2.37. The number of nitrogens with zero attached hydrogens (tertiary/aromatic N) is 1. The van der Waals surface area contributed by atoms with Crippen molar-refractivity contribution in [3.05, 3.63) is 60.8 Å². The van der Waals surface area contributed by atoms with Crippen LogP contribution >= 0.6 is 7.82 Å². The Kier molecular flexibility index (Phi) is 46.1. The van der Waals surface area contributed by atoms with E-state index in [0.717, 1.165) is 89.9 Å². The highest BCUT2D eigenvalue weighted by Crippen LogP contribution is 2.38. The predicted molar refractivity (Wildman–Crippen MR) is 277 cm³/mol. The molecule has 0 aliphatic rings. The minimum absolute atomic E-state index is 0.0364. The summed E-state index contributed by atoms with van der Waals surface area (Å²) in [5, 5.41) is 0. The molecule has 0 aromatic rings. The molecule has 2 atom stereocenters. The molecule has 0 saturated carbocycles. The van der Waals surface area contributed by atoms with Crippen LogP contribution in [0.5, 0.6) is 0 Å². The third kappa shape index (κ3) is 51.1. The Labute approximate surface area is 406 Å². The highest BCUT2D eigenvalue weighted by Gasteiger charge is 2.21. The van der Waals surface area contributed by atoms with Crippen LogP contribution < -0.4 is 4.89 Å². The van der Waals surface area contributed by atoms with Crippen LogP contribution in [0.3, 0.4) is 0 Å². The van der Waals surface area contributed by atoms with Gasteiger partial charge in [0, 0.05) is 12.8 Å². The summed E-state index contributed by atoms with van der Waals surface area (Å²) >= 11 is 0. The van der Waals surface area contributed by atoms with Gasteiger partial charge in [0.25, 0.3) is 7.82 Å². The van der Waals surface area contributed by atoms with Crippen LogP contribution in [0, 0.1) is 0 Å². The van der Waals surface area contributed by atoms with Gasteiger partial charge < -0.3 is 27.9 Å². The fourth-order valence-electron chi connectivity index (χ4n) is 7.28. The van der Waals surface area contributed by atoms with Crippen molar-refractivity contribution in [3.63, 3.8) is 0 Å². The second-order valence-electron chi connectivity index (χ2n) is 19.2. The summed E-state index contributed by atoms with van der Waals surface area (Å²) in [6.45, 7) is 4.20. The molecule has 0 N–H and O–H groups in total. The summed E-state index contributed by atoms with van der Waals surface area (Å²) in [4.78, 5) is 37.8. The SMILES string of the molecule is CCCCCCC/C=C\C/C=C\C/C=C\CCCCCCCCC(=O)OC(COC(=O)CCCCCCCCCCC/C=C\C/C=C\CCCCCCC)COP(=O)([O-])OCC[N+](C)(C)C. The van der Waals surface area contributed by atoms with E-state index < -0.39 is 32.5 Å². The van der Waals surface area contributed by atoms with Crippen molar-refractivity contribution < 1.29 is 42.1 Å². The van der Waals surface area contributed by atoms with E-state index in [1.807, 2.05) is 21.1 Å². The average Bonchev–Trinajstić information content (AvgIpc) is 3.27. The molecular formula is C56H102NO8P. The fraction of sp³-hybridized carbons (Fsp3) is 0.786. The number of phosphoric ester groups is 1. The molecule has 66 heavy (non-hydrogen) atoms. The molecule has 0 aliphatic heterocycles. The monoisotopic (exact) mass is 948 g/mol. The number of hydrogen-bond acceptors (Lipinski definition) is 8. The average molecular weight is 948 g/mol. The van der Waals surface area contributed by atoms with Gasteiger partial charge in [-0.3, -0.25) is 14.2 Å². The largest absolute Gasteiger partial charge is 0.756 e. The van der Waals surface area contributed by atoms with E-state index in [2.05, 4.69) is 74.6 Å². The van der Waals surface area contributed by atoms with E-state index in [-0.39, 0.29) is 26.1 Å². The predicted octanol–water partition coefficient (Wildman–Crippen LogP) is 15.7. The number of phosphoric acid groups is 1. The molecule has 0 rings (SSSR count). The summed E-state index contributed by atoms with van der Waals surface area (Å²) < 4.78 is 34.1. The summed E-state index contributed by atoms with van der Waals surface area (Å²) in [5.41, 5.74) is 0. The van der Waals surface area contributed by atoms with Crippen molar-refractivity contribution in [1.82, 2.24) is 0 Å². The van der Waals surface area contributed by atoms with Crippen LogP contribution in [0.1, 0.15) is 232 Å². The van der Waals surface area contributed by atoms with Gasteiger partial charge in [0.05, 0.1) is 27.7 Å². The zero-order chi connectivity index (χ0) is 48.5. The van der Waals surface area contributed by atoms with Crippen LogP contribution in [-0.4, -0.2) is 70.0 Å². The molecule has 0 spiro atoms. The number of esters is 2. The number of rotatable bonds is 49. The Hall–Kier alpha value is -2.29. The molecule has 10 heteroatoms. The van der Waals surface area contributed by atoms with Gasteiger partial charge in [0.15, 0.2) is 6.10 Å². The highest BCUT2D eigenvalue weighted by atomic mass is 31.2. The fourth-order valence-corrected chi connectivity index (χ4v) is 8.01. The normalized spacial score (nSPS) is 13.8. The molecule has 9 nitrogen and oxygen atoms in total. The number of quaternary nitrogens is 1. The first-order valence-electron chi connectivity index (χ1n) is 27.0. The Morgan fingerprint density at radius 3 is 1.21 bits per heavy atom. The standard InChI is InChI=1S/C56H102NO8P/c1-6-8-10-12-14-16-18-20-22-24-26-28-30-32-34-36-38-40-42-44-46-48-55(58)62-52-54(53-64-66(60,61)63-51-50-57(3,4)5)65-56(59)49-47-45-43-41-39-37-35-33-31-29-27-25-23-21-19-17-15-13-11-9-7-2/h18-21,24-27,31,33,54H,6-17,22-23,28-30,32,34-53H2,1-5H3/b20-18-,21-19-,26-24-,27-25-,33-31-. The molecule has 0 bridgehead atoms. The lowest BCUT2D eigenvalue weighted by Gasteiger charge is -2.28. The number of allylic oxidation sites excluding steroid dienone is 10. The highest BCUT2D eigenvalue weighted by molar-refractivity contribution is 7.45. The molecule has 2 unspecified atom stereocenters. The maximum Gasteiger partial charge on any atom is 0.306 e. The summed E-state index contributed by atoms with van der Waals surface area (Å²) in [7, 11) is 1.15.